The highest BCUT2D eigenvalue weighted by Crippen LogP contribution is 2.31. The van der Waals surface area contributed by atoms with Gasteiger partial charge in [-0.3, -0.25) is 9.59 Å². The first-order valence-corrected chi connectivity index (χ1v) is 9.18. The lowest BCUT2D eigenvalue weighted by Gasteiger charge is -2.20. The van der Waals surface area contributed by atoms with Gasteiger partial charge in [0, 0.05) is 53.4 Å². The molecule has 0 saturated carbocycles. The number of hydrogen-bond donors (Lipinski definition) is 0. The Morgan fingerprint density at radius 3 is 2.50 bits per heavy atom. The summed E-state index contributed by atoms with van der Waals surface area (Å²) >= 11 is 0. The number of amides is 2. The average molecular weight is 386 g/mol. The minimum atomic E-state index is -0.143. The van der Waals surface area contributed by atoms with Gasteiger partial charge in [-0.2, -0.15) is 0 Å². The Morgan fingerprint density at radius 1 is 1.21 bits per heavy atom. The Morgan fingerprint density at radius 2 is 1.93 bits per heavy atom. The SMILES string of the molecule is Cc1noc(C)c1C(=O)N1CCC(c2nc(N(C)C)ncc2C(=O)N(C)C)C1. The Kier molecular flexibility index (Phi) is 5.35. The van der Waals surface area contributed by atoms with Crippen LogP contribution in [-0.4, -0.2) is 78.0 Å². The van der Waals surface area contributed by atoms with Gasteiger partial charge in [0.15, 0.2) is 0 Å². The molecule has 28 heavy (non-hydrogen) atoms. The van der Waals surface area contributed by atoms with E-state index in [1.54, 1.807) is 43.9 Å². The molecule has 1 fully saturated rings. The standard InChI is InChI=1S/C19H26N6O3/c1-11-15(12(2)28-22-11)18(27)25-8-7-13(10-25)16-14(17(26)23(3)4)9-20-19(21-16)24(5)6/h9,13H,7-8,10H2,1-6H3. The van der Waals surface area contributed by atoms with Crippen molar-refractivity contribution in [2.45, 2.75) is 26.2 Å². The van der Waals surface area contributed by atoms with Gasteiger partial charge >= 0.3 is 0 Å². The molecule has 1 aliphatic heterocycles. The smallest absolute Gasteiger partial charge is 0.259 e. The van der Waals surface area contributed by atoms with E-state index in [4.69, 9.17) is 4.52 Å². The van der Waals surface area contributed by atoms with E-state index in [0.29, 0.717) is 47.3 Å². The lowest BCUT2D eigenvalue weighted by atomic mass is 9.99. The first-order chi connectivity index (χ1) is 13.2. The molecule has 0 aliphatic carbocycles. The number of aromatic nitrogens is 3. The molecular weight excluding hydrogens is 360 g/mol. The number of carbonyl (C=O) groups is 2. The third kappa shape index (κ3) is 3.56. The fraction of sp³-hybridized carbons (Fsp3) is 0.526. The van der Waals surface area contributed by atoms with Gasteiger partial charge in [0.25, 0.3) is 11.8 Å². The maximum Gasteiger partial charge on any atom is 0.259 e. The van der Waals surface area contributed by atoms with Gasteiger partial charge in [0.1, 0.15) is 11.3 Å². The van der Waals surface area contributed by atoms with Crippen LogP contribution in [0.5, 0.6) is 0 Å². The predicted octanol–water partition coefficient (Wildman–Crippen LogP) is 1.48. The number of aryl methyl sites for hydroxylation is 2. The molecule has 1 unspecified atom stereocenters. The van der Waals surface area contributed by atoms with Crippen LogP contribution in [0.15, 0.2) is 10.7 Å². The maximum atomic E-state index is 12.9. The summed E-state index contributed by atoms with van der Waals surface area (Å²) < 4.78 is 5.13. The Bertz CT molecular complexity index is 886. The second kappa shape index (κ2) is 7.57. The summed E-state index contributed by atoms with van der Waals surface area (Å²) in [6.07, 6.45) is 2.31. The number of nitrogens with zero attached hydrogens (tertiary/aromatic N) is 6. The van der Waals surface area contributed by atoms with E-state index in [0.717, 1.165) is 6.42 Å². The van der Waals surface area contributed by atoms with E-state index in [1.165, 1.54) is 4.90 Å². The zero-order valence-electron chi connectivity index (χ0n) is 17.2. The molecule has 9 nitrogen and oxygen atoms in total. The monoisotopic (exact) mass is 386 g/mol. The van der Waals surface area contributed by atoms with E-state index < -0.39 is 0 Å². The van der Waals surface area contributed by atoms with Crippen molar-refractivity contribution in [3.8, 4) is 0 Å². The molecule has 0 spiro atoms. The highest BCUT2D eigenvalue weighted by atomic mass is 16.5. The Labute approximate surface area is 164 Å². The van der Waals surface area contributed by atoms with Gasteiger partial charge in [-0.05, 0) is 20.3 Å². The minimum Gasteiger partial charge on any atom is -0.361 e. The number of anilines is 1. The quantitative estimate of drug-likeness (QED) is 0.785. The van der Waals surface area contributed by atoms with E-state index >= 15 is 0 Å². The molecule has 150 valence electrons. The van der Waals surface area contributed by atoms with Crippen molar-refractivity contribution in [2.24, 2.45) is 0 Å². The second-order valence-corrected chi connectivity index (χ2v) is 7.50. The molecule has 0 aromatic carbocycles. The lowest BCUT2D eigenvalue weighted by Crippen LogP contribution is -2.30. The molecule has 3 rings (SSSR count). The normalized spacial score (nSPS) is 16.4. The summed E-state index contributed by atoms with van der Waals surface area (Å²) in [5.41, 5.74) is 2.27. The van der Waals surface area contributed by atoms with E-state index in [-0.39, 0.29) is 17.7 Å². The third-order valence-electron chi connectivity index (χ3n) is 4.95. The van der Waals surface area contributed by atoms with Gasteiger partial charge < -0.3 is 19.2 Å². The molecule has 9 heteroatoms. The molecule has 0 radical (unpaired) electrons. The number of rotatable bonds is 4. The van der Waals surface area contributed by atoms with Crippen molar-refractivity contribution in [3.05, 3.63) is 34.5 Å². The number of likely N-dealkylation sites (tertiary alicyclic amines) is 1. The molecule has 2 aromatic rings. The van der Waals surface area contributed by atoms with Crippen molar-refractivity contribution < 1.29 is 14.1 Å². The predicted molar refractivity (Wildman–Crippen MR) is 104 cm³/mol. The molecule has 1 aliphatic rings. The largest absolute Gasteiger partial charge is 0.361 e. The minimum absolute atomic E-state index is 0.0370. The van der Waals surface area contributed by atoms with Crippen LogP contribution in [0.25, 0.3) is 0 Å². The Balaban J connectivity index is 1.91. The molecule has 0 bridgehead atoms. The van der Waals surface area contributed by atoms with Crippen molar-refractivity contribution >= 4 is 17.8 Å². The summed E-state index contributed by atoms with van der Waals surface area (Å²) in [6.45, 7) is 4.58. The zero-order chi connectivity index (χ0) is 20.6. The molecule has 2 aromatic heterocycles. The van der Waals surface area contributed by atoms with Gasteiger partial charge in [-0.15, -0.1) is 0 Å². The maximum absolute atomic E-state index is 12.9. The van der Waals surface area contributed by atoms with Crippen LogP contribution in [0.2, 0.25) is 0 Å². The van der Waals surface area contributed by atoms with Crippen LogP contribution in [0.3, 0.4) is 0 Å². The van der Waals surface area contributed by atoms with Crippen LogP contribution in [-0.2, 0) is 0 Å². The summed E-state index contributed by atoms with van der Waals surface area (Å²) in [7, 11) is 7.12. The lowest BCUT2D eigenvalue weighted by molar-refractivity contribution is 0.0788. The summed E-state index contributed by atoms with van der Waals surface area (Å²) in [6, 6.07) is 0. The van der Waals surface area contributed by atoms with Crippen LogP contribution >= 0.6 is 0 Å². The van der Waals surface area contributed by atoms with Gasteiger partial charge in [0.05, 0.1) is 17.0 Å². The van der Waals surface area contributed by atoms with E-state index in [2.05, 4.69) is 15.1 Å². The fourth-order valence-corrected chi connectivity index (χ4v) is 3.43. The first kappa shape index (κ1) is 19.8. The highest BCUT2D eigenvalue weighted by Gasteiger charge is 2.34. The summed E-state index contributed by atoms with van der Waals surface area (Å²) in [5.74, 6) is 0.786. The van der Waals surface area contributed by atoms with Crippen molar-refractivity contribution in [1.82, 2.24) is 24.9 Å². The zero-order valence-corrected chi connectivity index (χ0v) is 17.2. The number of hydrogen-bond acceptors (Lipinski definition) is 7. The summed E-state index contributed by atoms with van der Waals surface area (Å²) in [4.78, 5) is 39.6. The van der Waals surface area contributed by atoms with Crippen molar-refractivity contribution in [3.63, 3.8) is 0 Å². The van der Waals surface area contributed by atoms with Crippen LogP contribution in [0.1, 0.15) is 50.2 Å². The first-order valence-electron chi connectivity index (χ1n) is 9.18. The Hall–Kier alpha value is -2.97. The van der Waals surface area contributed by atoms with Crippen molar-refractivity contribution in [2.75, 3.05) is 46.2 Å². The molecule has 1 saturated heterocycles. The van der Waals surface area contributed by atoms with Crippen molar-refractivity contribution in [1.29, 1.82) is 0 Å². The van der Waals surface area contributed by atoms with Crippen LogP contribution in [0.4, 0.5) is 5.95 Å². The molecule has 1 atom stereocenters. The molecular formula is C19H26N6O3. The highest BCUT2D eigenvalue weighted by molar-refractivity contribution is 5.97. The second-order valence-electron chi connectivity index (χ2n) is 7.50. The topological polar surface area (TPSA) is 95.7 Å². The van der Waals surface area contributed by atoms with Gasteiger partial charge in [0.2, 0.25) is 5.95 Å². The average Bonchev–Trinajstić information content (AvgIpc) is 3.27. The van der Waals surface area contributed by atoms with Crippen LogP contribution in [0, 0.1) is 13.8 Å². The van der Waals surface area contributed by atoms with E-state index in [1.807, 2.05) is 14.1 Å². The van der Waals surface area contributed by atoms with Gasteiger partial charge in [-0.1, -0.05) is 5.16 Å². The summed E-state index contributed by atoms with van der Waals surface area (Å²) in [5, 5.41) is 3.87. The molecule has 0 N–H and O–H groups in total. The van der Waals surface area contributed by atoms with Crippen LogP contribution < -0.4 is 4.90 Å². The number of carbonyl (C=O) groups excluding carboxylic acids is 2. The molecule has 2 amide bonds. The van der Waals surface area contributed by atoms with Gasteiger partial charge in [-0.25, -0.2) is 9.97 Å². The fourth-order valence-electron chi connectivity index (χ4n) is 3.43. The molecule has 3 heterocycles. The third-order valence-corrected chi connectivity index (χ3v) is 4.95. The van der Waals surface area contributed by atoms with E-state index in [9.17, 15) is 9.59 Å².